The first-order valence-corrected chi connectivity index (χ1v) is 10.3. The van der Waals surface area contributed by atoms with Crippen LogP contribution in [-0.2, 0) is 11.3 Å². The Hall–Kier alpha value is -2.20. The van der Waals surface area contributed by atoms with E-state index in [1.54, 1.807) is 14.2 Å². The van der Waals surface area contributed by atoms with Crippen LogP contribution < -0.4 is 25.4 Å². The Bertz CT molecular complexity index is 772. The van der Waals surface area contributed by atoms with Crippen LogP contribution in [0.15, 0.2) is 53.5 Å². The third-order valence-corrected chi connectivity index (χ3v) is 4.29. The predicted molar refractivity (Wildman–Crippen MR) is 138 cm³/mol. The van der Waals surface area contributed by atoms with Gasteiger partial charge in [-0.25, -0.2) is 4.99 Å². The van der Waals surface area contributed by atoms with Crippen molar-refractivity contribution in [2.75, 3.05) is 45.8 Å². The number of aliphatic imine (C=N–C) groups is 1. The molecule has 0 saturated carbocycles. The summed E-state index contributed by atoms with van der Waals surface area (Å²) in [7, 11) is 3.35. The van der Waals surface area contributed by atoms with Crippen molar-refractivity contribution >= 4 is 35.6 Å². The van der Waals surface area contributed by atoms with E-state index in [9.17, 15) is 0 Å². The summed E-state index contributed by atoms with van der Waals surface area (Å²) in [6.07, 6.45) is -0.0292. The molecule has 2 rings (SSSR count). The molecule has 31 heavy (non-hydrogen) atoms. The Morgan fingerprint density at radius 3 is 2.45 bits per heavy atom. The van der Waals surface area contributed by atoms with E-state index in [-0.39, 0.29) is 30.1 Å². The number of nitrogens with zero attached hydrogens (tertiary/aromatic N) is 1. The number of guanidine groups is 1. The van der Waals surface area contributed by atoms with Crippen LogP contribution in [0.3, 0.4) is 0 Å². The molecule has 0 aromatic heterocycles. The summed E-state index contributed by atoms with van der Waals surface area (Å²) in [5, 5.41) is 9.93. The predicted octanol–water partition coefficient (Wildman–Crippen LogP) is 3.89. The van der Waals surface area contributed by atoms with Crippen molar-refractivity contribution in [2.24, 2.45) is 4.99 Å². The SMILES string of the molecule is CCNC(=NCc1ccc(NCCOC)cc1)NCC(C)Oc1cccc(OC)c1.I. The molecule has 0 heterocycles. The van der Waals surface area contributed by atoms with Crippen LogP contribution in [0.25, 0.3) is 0 Å². The first-order valence-electron chi connectivity index (χ1n) is 10.3. The highest BCUT2D eigenvalue weighted by Gasteiger charge is 2.07. The Balaban J connectivity index is 0.00000480. The van der Waals surface area contributed by atoms with Gasteiger partial charge in [-0.2, -0.15) is 0 Å². The van der Waals surface area contributed by atoms with Crippen LogP contribution in [0.1, 0.15) is 19.4 Å². The number of nitrogens with one attached hydrogen (secondary N) is 3. The zero-order valence-electron chi connectivity index (χ0n) is 18.8. The van der Waals surface area contributed by atoms with Gasteiger partial charge in [0.05, 0.1) is 26.8 Å². The molecular formula is C23H35IN4O3. The van der Waals surface area contributed by atoms with Gasteiger partial charge in [0.15, 0.2) is 5.96 Å². The van der Waals surface area contributed by atoms with Crippen LogP contribution in [0, 0.1) is 0 Å². The van der Waals surface area contributed by atoms with Gasteiger partial charge in [-0.05, 0) is 43.7 Å². The molecule has 0 fully saturated rings. The van der Waals surface area contributed by atoms with Crippen molar-refractivity contribution in [1.29, 1.82) is 0 Å². The topological polar surface area (TPSA) is 76.1 Å². The lowest BCUT2D eigenvalue weighted by Crippen LogP contribution is -2.41. The first-order chi connectivity index (χ1) is 14.6. The fourth-order valence-corrected chi connectivity index (χ4v) is 2.73. The standard InChI is InChI=1S/C23H34N4O3.HI/c1-5-24-23(26-16-18(2)30-22-8-6-7-21(15-22)29-4)27-17-19-9-11-20(12-10-19)25-13-14-28-3;/h6-12,15,18,25H,5,13-14,16-17H2,1-4H3,(H2,24,26,27);1H. The Kier molecular flexibility index (Phi) is 13.5. The molecule has 0 aliphatic carbocycles. The highest BCUT2D eigenvalue weighted by atomic mass is 127. The van der Waals surface area contributed by atoms with Crippen LogP contribution in [0.2, 0.25) is 0 Å². The summed E-state index contributed by atoms with van der Waals surface area (Å²) >= 11 is 0. The molecule has 0 aliphatic rings. The van der Waals surface area contributed by atoms with E-state index < -0.39 is 0 Å². The van der Waals surface area contributed by atoms with Crippen LogP contribution in [-0.4, -0.2) is 52.5 Å². The molecule has 0 amide bonds. The van der Waals surface area contributed by atoms with Gasteiger partial charge in [-0.3, -0.25) is 0 Å². The second-order valence-corrected chi connectivity index (χ2v) is 6.80. The second kappa shape index (κ2) is 15.6. The molecule has 8 heteroatoms. The highest BCUT2D eigenvalue weighted by Crippen LogP contribution is 2.19. The number of hydrogen-bond donors (Lipinski definition) is 3. The fraction of sp³-hybridized carbons (Fsp3) is 0.435. The quantitative estimate of drug-likeness (QED) is 0.164. The van der Waals surface area contributed by atoms with E-state index in [4.69, 9.17) is 14.2 Å². The summed E-state index contributed by atoms with van der Waals surface area (Å²) in [6.45, 7) is 7.56. The number of anilines is 1. The zero-order chi connectivity index (χ0) is 21.6. The molecular weight excluding hydrogens is 507 g/mol. The molecule has 0 radical (unpaired) electrons. The molecule has 0 bridgehead atoms. The maximum atomic E-state index is 5.96. The van der Waals surface area contributed by atoms with E-state index in [0.29, 0.717) is 19.7 Å². The van der Waals surface area contributed by atoms with Crippen molar-refractivity contribution < 1.29 is 14.2 Å². The van der Waals surface area contributed by atoms with Gasteiger partial charge < -0.3 is 30.2 Å². The van der Waals surface area contributed by atoms with Gasteiger partial charge in [0.25, 0.3) is 0 Å². The summed E-state index contributed by atoms with van der Waals surface area (Å²) < 4.78 is 16.2. The minimum Gasteiger partial charge on any atom is -0.497 e. The molecule has 1 unspecified atom stereocenters. The van der Waals surface area contributed by atoms with Crippen molar-refractivity contribution in [3.05, 3.63) is 54.1 Å². The number of methoxy groups -OCH3 is 2. The van der Waals surface area contributed by atoms with Gasteiger partial charge in [0.2, 0.25) is 0 Å². The molecule has 0 spiro atoms. The average Bonchev–Trinajstić information content (AvgIpc) is 2.77. The molecule has 0 saturated heterocycles. The largest absolute Gasteiger partial charge is 0.497 e. The van der Waals surface area contributed by atoms with Gasteiger partial charge in [0, 0.05) is 32.0 Å². The normalized spacial score (nSPS) is 11.8. The lowest BCUT2D eigenvalue weighted by Gasteiger charge is -2.18. The van der Waals surface area contributed by atoms with Crippen molar-refractivity contribution in [2.45, 2.75) is 26.5 Å². The van der Waals surface area contributed by atoms with Crippen molar-refractivity contribution in [3.63, 3.8) is 0 Å². The molecule has 0 aliphatic heterocycles. The summed E-state index contributed by atoms with van der Waals surface area (Å²) in [6, 6.07) is 15.9. The second-order valence-electron chi connectivity index (χ2n) is 6.80. The summed E-state index contributed by atoms with van der Waals surface area (Å²) in [4.78, 5) is 4.67. The molecule has 2 aromatic carbocycles. The zero-order valence-corrected chi connectivity index (χ0v) is 21.1. The molecule has 3 N–H and O–H groups in total. The molecule has 172 valence electrons. The van der Waals surface area contributed by atoms with Gasteiger partial charge in [-0.15, -0.1) is 24.0 Å². The monoisotopic (exact) mass is 542 g/mol. The maximum absolute atomic E-state index is 5.96. The van der Waals surface area contributed by atoms with Crippen LogP contribution >= 0.6 is 24.0 Å². The number of rotatable bonds is 12. The highest BCUT2D eigenvalue weighted by molar-refractivity contribution is 14.0. The Morgan fingerprint density at radius 2 is 1.77 bits per heavy atom. The van der Waals surface area contributed by atoms with Gasteiger partial charge >= 0.3 is 0 Å². The van der Waals surface area contributed by atoms with Crippen LogP contribution in [0.5, 0.6) is 11.5 Å². The van der Waals surface area contributed by atoms with Gasteiger partial charge in [0.1, 0.15) is 17.6 Å². The Labute approximate surface area is 203 Å². The van der Waals surface area contributed by atoms with Crippen LogP contribution in [0.4, 0.5) is 5.69 Å². The number of ether oxygens (including phenoxy) is 3. The maximum Gasteiger partial charge on any atom is 0.191 e. The molecule has 7 nitrogen and oxygen atoms in total. The number of hydrogen-bond acceptors (Lipinski definition) is 5. The number of halogens is 1. The lowest BCUT2D eigenvalue weighted by atomic mass is 10.2. The summed E-state index contributed by atoms with van der Waals surface area (Å²) in [5.41, 5.74) is 2.22. The number of benzene rings is 2. The third kappa shape index (κ3) is 10.6. The third-order valence-electron chi connectivity index (χ3n) is 4.29. The molecule has 2 aromatic rings. The van der Waals surface area contributed by atoms with E-state index in [1.165, 1.54) is 0 Å². The minimum absolute atomic E-state index is 0. The van der Waals surface area contributed by atoms with Crippen molar-refractivity contribution in [3.8, 4) is 11.5 Å². The van der Waals surface area contributed by atoms with E-state index in [1.807, 2.05) is 38.1 Å². The molecule has 1 atom stereocenters. The first kappa shape index (κ1) is 26.8. The fourth-order valence-electron chi connectivity index (χ4n) is 2.73. The van der Waals surface area contributed by atoms with E-state index in [0.717, 1.165) is 41.8 Å². The van der Waals surface area contributed by atoms with Crippen molar-refractivity contribution in [1.82, 2.24) is 10.6 Å². The van der Waals surface area contributed by atoms with E-state index in [2.05, 4.69) is 45.2 Å². The summed E-state index contributed by atoms with van der Waals surface area (Å²) in [5.74, 6) is 2.33. The smallest absolute Gasteiger partial charge is 0.191 e. The lowest BCUT2D eigenvalue weighted by molar-refractivity contribution is 0.211. The Morgan fingerprint density at radius 1 is 1.03 bits per heavy atom. The van der Waals surface area contributed by atoms with Gasteiger partial charge in [-0.1, -0.05) is 18.2 Å². The van der Waals surface area contributed by atoms with E-state index >= 15 is 0 Å². The average molecular weight is 542 g/mol. The minimum atomic E-state index is -0.0292.